The van der Waals surface area contributed by atoms with Crippen LogP contribution in [0.5, 0.6) is 0 Å². The molecule has 0 bridgehead atoms. The SMILES string of the molecule is CC(C)CC(NC(=O)Cc1ccc(N=C(NC#N)Nc2ccccc2)cc1)C(=O)NC(CCCCC(NC(=O)CC(C)(C)C)C(=O)O)C(=O)O. The molecule has 0 aliphatic carbocycles. The summed E-state index contributed by atoms with van der Waals surface area (Å²) < 4.78 is 0. The summed E-state index contributed by atoms with van der Waals surface area (Å²) in [5.41, 5.74) is 1.60. The fourth-order valence-electron chi connectivity index (χ4n) is 4.96. The minimum Gasteiger partial charge on any atom is -0.480 e. The van der Waals surface area contributed by atoms with Crippen molar-refractivity contribution in [2.75, 3.05) is 5.32 Å². The lowest BCUT2D eigenvalue weighted by molar-refractivity contribution is -0.143. The standard InChI is InChI=1S/C36H49N7O7/c1-23(2)19-29(32(46)43-28(34(49)50)14-10-9-13-27(33(47)48)41-31(45)21-36(3,4)5)42-30(44)20-24-15-17-26(18-16-24)40-35(38-22-37)39-25-11-7-6-8-12-25/h6-8,11-12,15-18,23,27-29H,9-10,13-14,19-21H2,1-5H3,(H,41,45)(H,42,44)(H,43,46)(H,47,48)(H,49,50)(H2,38,39,40). The van der Waals surface area contributed by atoms with Gasteiger partial charge in [-0.1, -0.05) is 77.8 Å². The Morgan fingerprint density at radius 3 is 1.88 bits per heavy atom. The number of carbonyl (C=O) groups is 5. The van der Waals surface area contributed by atoms with E-state index in [1.807, 2.05) is 71.1 Å². The Balaban J connectivity index is 1.97. The van der Waals surface area contributed by atoms with E-state index < -0.39 is 41.9 Å². The van der Waals surface area contributed by atoms with Gasteiger partial charge in [-0.15, -0.1) is 0 Å². The van der Waals surface area contributed by atoms with Crippen LogP contribution in [0.2, 0.25) is 0 Å². The van der Waals surface area contributed by atoms with Gasteiger partial charge in [-0.3, -0.25) is 19.7 Å². The van der Waals surface area contributed by atoms with Crippen LogP contribution in [0, 0.1) is 22.8 Å². The number of aliphatic carboxylic acids is 2. The number of benzene rings is 2. The summed E-state index contributed by atoms with van der Waals surface area (Å²) in [5, 5.41) is 41.7. The lowest BCUT2D eigenvalue weighted by Crippen LogP contribution is -2.52. The minimum atomic E-state index is -1.25. The average Bonchev–Trinajstić information content (AvgIpc) is 3.01. The third-order valence-electron chi connectivity index (χ3n) is 7.29. The van der Waals surface area contributed by atoms with Crippen LogP contribution >= 0.6 is 0 Å². The summed E-state index contributed by atoms with van der Waals surface area (Å²) in [5.74, 6) is -3.64. The van der Waals surface area contributed by atoms with E-state index in [1.165, 1.54) is 0 Å². The maximum Gasteiger partial charge on any atom is 0.326 e. The summed E-state index contributed by atoms with van der Waals surface area (Å²) in [6.07, 6.45) is 2.97. The zero-order valence-electron chi connectivity index (χ0n) is 29.3. The van der Waals surface area contributed by atoms with Crippen LogP contribution in [-0.2, 0) is 30.4 Å². The highest BCUT2D eigenvalue weighted by Gasteiger charge is 2.28. The first kappa shape index (κ1) is 40.7. The molecule has 2 aromatic rings. The van der Waals surface area contributed by atoms with E-state index in [-0.39, 0.29) is 61.7 Å². The van der Waals surface area contributed by atoms with Crippen LogP contribution in [0.25, 0.3) is 0 Å². The Kier molecular flexibility index (Phi) is 16.4. The molecule has 2 rings (SSSR count). The molecule has 0 saturated heterocycles. The second-order valence-corrected chi connectivity index (χ2v) is 13.7. The highest BCUT2D eigenvalue weighted by atomic mass is 16.4. The van der Waals surface area contributed by atoms with Gasteiger partial charge >= 0.3 is 11.9 Å². The fourth-order valence-corrected chi connectivity index (χ4v) is 4.96. The first-order chi connectivity index (χ1) is 23.6. The topological polar surface area (TPSA) is 222 Å². The van der Waals surface area contributed by atoms with E-state index in [2.05, 4.69) is 31.6 Å². The number of carboxylic acid groups (broad SMARTS) is 2. The summed E-state index contributed by atoms with van der Waals surface area (Å²) in [4.78, 5) is 66.5. The quantitative estimate of drug-likeness (QED) is 0.0390. The van der Waals surface area contributed by atoms with Crippen molar-refractivity contribution in [3.63, 3.8) is 0 Å². The zero-order chi connectivity index (χ0) is 37.3. The molecule has 3 atom stereocenters. The molecule has 0 aliphatic rings. The Morgan fingerprint density at radius 2 is 1.36 bits per heavy atom. The molecule has 7 N–H and O–H groups in total. The number of rotatable bonds is 18. The molecular formula is C36H49N7O7. The first-order valence-electron chi connectivity index (χ1n) is 16.6. The summed E-state index contributed by atoms with van der Waals surface area (Å²) >= 11 is 0. The second-order valence-electron chi connectivity index (χ2n) is 13.7. The molecule has 0 spiro atoms. The van der Waals surface area contributed by atoms with E-state index in [0.29, 0.717) is 17.7 Å². The molecule has 0 radical (unpaired) electrons. The van der Waals surface area contributed by atoms with Crippen molar-refractivity contribution in [3.05, 3.63) is 60.2 Å². The van der Waals surface area contributed by atoms with Crippen LogP contribution in [0.4, 0.5) is 11.4 Å². The predicted molar refractivity (Wildman–Crippen MR) is 189 cm³/mol. The molecule has 0 aromatic heterocycles. The Hall–Kier alpha value is -5.45. The molecule has 3 unspecified atom stereocenters. The number of carbonyl (C=O) groups excluding carboxylic acids is 3. The smallest absolute Gasteiger partial charge is 0.326 e. The van der Waals surface area contributed by atoms with Gasteiger partial charge in [0.25, 0.3) is 0 Å². The van der Waals surface area contributed by atoms with Gasteiger partial charge in [-0.2, -0.15) is 5.26 Å². The first-order valence-corrected chi connectivity index (χ1v) is 16.6. The highest BCUT2D eigenvalue weighted by molar-refractivity contribution is 5.96. The van der Waals surface area contributed by atoms with E-state index in [0.717, 1.165) is 5.69 Å². The molecule has 0 fully saturated rings. The van der Waals surface area contributed by atoms with Gasteiger partial charge in [0.05, 0.1) is 12.1 Å². The molecule has 14 heteroatoms. The van der Waals surface area contributed by atoms with E-state index >= 15 is 0 Å². The molecule has 270 valence electrons. The van der Waals surface area contributed by atoms with Gasteiger partial charge in [0.15, 0.2) is 6.19 Å². The second kappa shape index (κ2) is 20.2. The fraction of sp³-hybridized carbons (Fsp3) is 0.472. The largest absolute Gasteiger partial charge is 0.480 e. The number of guanidine groups is 1. The van der Waals surface area contributed by atoms with Crippen LogP contribution in [0.1, 0.15) is 78.7 Å². The third kappa shape index (κ3) is 16.1. The molecule has 0 heterocycles. The lowest BCUT2D eigenvalue weighted by atomic mass is 9.91. The van der Waals surface area contributed by atoms with Gasteiger partial charge in [-0.25, -0.2) is 14.6 Å². The zero-order valence-corrected chi connectivity index (χ0v) is 29.3. The number of nitrogens with one attached hydrogen (secondary N) is 5. The van der Waals surface area contributed by atoms with Gasteiger partial charge in [0.1, 0.15) is 18.1 Å². The summed E-state index contributed by atoms with van der Waals surface area (Å²) in [6.45, 7) is 9.36. The molecule has 50 heavy (non-hydrogen) atoms. The van der Waals surface area contributed by atoms with Crippen molar-refractivity contribution in [3.8, 4) is 6.19 Å². The number of nitrogens with zero attached hydrogens (tertiary/aromatic N) is 2. The van der Waals surface area contributed by atoms with Gasteiger partial charge in [-0.05, 0) is 60.4 Å². The lowest BCUT2D eigenvalue weighted by Gasteiger charge is -2.23. The number of unbranched alkanes of at least 4 members (excludes halogenated alkanes) is 1. The number of nitriles is 1. The van der Waals surface area contributed by atoms with Crippen molar-refractivity contribution in [1.82, 2.24) is 21.3 Å². The van der Waals surface area contributed by atoms with Crippen LogP contribution in [-0.4, -0.2) is 64.0 Å². The van der Waals surface area contributed by atoms with Gasteiger partial charge in [0, 0.05) is 12.1 Å². The summed E-state index contributed by atoms with van der Waals surface area (Å²) in [7, 11) is 0. The van der Waals surface area contributed by atoms with E-state index in [1.54, 1.807) is 24.3 Å². The highest BCUT2D eigenvalue weighted by Crippen LogP contribution is 2.19. The van der Waals surface area contributed by atoms with Crippen LogP contribution < -0.4 is 26.6 Å². The Labute approximate surface area is 293 Å². The average molecular weight is 692 g/mol. The number of hydrogen-bond donors (Lipinski definition) is 7. The predicted octanol–water partition coefficient (Wildman–Crippen LogP) is 4.07. The minimum absolute atomic E-state index is 0.00799. The Bertz CT molecular complexity index is 1510. The molecule has 0 saturated carbocycles. The van der Waals surface area contributed by atoms with Crippen molar-refractivity contribution in [1.29, 1.82) is 5.26 Å². The van der Waals surface area contributed by atoms with Crippen molar-refractivity contribution < 1.29 is 34.2 Å². The van der Waals surface area contributed by atoms with Crippen molar-refractivity contribution >= 4 is 47.0 Å². The van der Waals surface area contributed by atoms with Gasteiger partial charge in [0.2, 0.25) is 23.7 Å². The van der Waals surface area contributed by atoms with Crippen LogP contribution in [0.3, 0.4) is 0 Å². The maximum atomic E-state index is 13.2. The van der Waals surface area contributed by atoms with Crippen molar-refractivity contribution in [2.45, 2.75) is 97.7 Å². The molecular weight excluding hydrogens is 642 g/mol. The van der Waals surface area contributed by atoms with E-state index in [4.69, 9.17) is 5.26 Å². The monoisotopic (exact) mass is 691 g/mol. The van der Waals surface area contributed by atoms with Crippen LogP contribution in [0.15, 0.2) is 59.6 Å². The maximum absolute atomic E-state index is 13.2. The van der Waals surface area contributed by atoms with Gasteiger partial charge < -0.3 is 31.5 Å². The molecule has 2 aromatic carbocycles. The summed E-state index contributed by atoms with van der Waals surface area (Å²) in [6, 6.07) is 12.6. The number of anilines is 1. The Morgan fingerprint density at radius 1 is 0.800 bits per heavy atom. The third-order valence-corrected chi connectivity index (χ3v) is 7.29. The normalized spacial score (nSPS) is 13.3. The molecule has 0 aliphatic heterocycles. The number of carboxylic acids is 2. The van der Waals surface area contributed by atoms with E-state index in [9.17, 15) is 34.2 Å². The number of aliphatic imine (C=N–C) groups is 1. The number of amides is 3. The number of para-hydroxylation sites is 1. The molecule has 3 amide bonds. The molecule has 14 nitrogen and oxygen atoms in total. The van der Waals surface area contributed by atoms with Crippen molar-refractivity contribution in [2.24, 2.45) is 16.3 Å². The number of hydrogen-bond acceptors (Lipinski definition) is 7.